The van der Waals surface area contributed by atoms with Gasteiger partial charge in [0.2, 0.25) is 5.95 Å². The van der Waals surface area contributed by atoms with Gasteiger partial charge in [0.1, 0.15) is 17.3 Å². The molecular formula is C24H19ClF4N8O. The maximum absolute atomic E-state index is 14.7. The lowest BCUT2D eigenvalue weighted by Gasteiger charge is -2.09. The van der Waals surface area contributed by atoms with Gasteiger partial charge in [-0.15, -0.1) is 0 Å². The van der Waals surface area contributed by atoms with E-state index in [2.05, 4.69) is 30.7 Å². The van der Waals surface area contributed by atoms with Gasteiger partial charge in [-0.3, -0.25) is 4.68 Å². The summed E-state index contributed by atoms with van der Waals surface area (Å²) in [4.78, 5) is 12.3. The maximum Gasteiger partial charge on any atom is 0.433 e. The molecule has 0 aliphatic heterocycles. The predicted molar refractivity (Wildman–Crippen MR) is 133 cm³/mol. The van der Waals surface area contributed by atoms with Crippen LogP contribution >= 0.6 is 11.6 Å². The largest absolute Gasteiger partial charge is 0.433 e. The fourth-order valence-electron chi connectivity index (χ4n) is 3.73. The summed E-state index contributed by atoms with van der Waals surface area (Å²) in [5.74, 6) is 0.267. The summed E-state index contributed by atoms with van der Waals surface area (Å²) >= 11 is 5.75. The highest BCUT2D eigenvalue weighted by molar-refractivity contribution is 6.30. The number of nitrogens with zero attached hydrogens (tertiary/aromatic N) is 6. The number of hydrogen-bond acceptors (Lipinski definition) is 7. The van der Waals surface area contributed by atoms with Crippen molar-refractivity contribution >= 4 is 40.1 Å². The number of aromatic nitrogens is 6. The second-order valence-corrected chi connectivity index (χ2v) is 8.69. The van der Waals surface area contributed by atoms with Crippen LogP contribution in [0.3, 0.4) is 0 Å². The van der Waals surface area contributed by atoms with E-state index in [-0.39, 0.29) is 24.1 Å². The Morgan fingerprint density at radius 2 is 1.79 bits per heavy atom. The van der Waals surface area contributed by atoms with E-state index < -0.39 is 17.7 Å². The lowest BCUT2D eigenvalue weighted by Crippen LogP contribution is -2.11. The monoisotopic (exact) mass is 546 g/mol. The molecule has 2 aromatic carbocycles. The Bertz CT molecular complexity index is 1610. The molecular weight excluding hydrogens is 528 g/mol. The van der Waals surface area contributed by atoms with Crippen LogP contribution in [-0.4, -0.2) is 29.3 Å². The van der Waals surface area contributed by atoms with Crippen molar-refractivity contribution in [3.05, 3.63) is 77.0 Å². The molecule has 0 fully saturated rings. The molecule has 5 aromatic rings. The van der Waals surface area contributed by atoms with Gasteiger partial charge in [-0.1, -0.05) is 17.7 Å². The molecule has 0 spiro atoms. The number of rotatable bonds is 7. The average molecular weight is 547 g/mol. The number of alkyl halides is 3. The van der Waals surface area contributed by atoms with Crippen LogP contribution in [0.5, 0.6) is 11.8 Å². The van der Waals surface area contributed by atoms with Gasteiger partial charge in [-0.2, -0.15) is 18.3 Å². The molecule has 2 N–H and O–H groups in total. The molecule has 0 aliphatic carbocycles. The van der Waals surface area contributed by atoms with Gasteiger partial charge < -0.3 is 19.9 Å². The molecule has 9 nitrogen and oxygen atoms in total. The van der Waals surface area contributed by atoms with E-state index in [1.807, 2.05) is 0 Å². The Hall–Kier alpha value is -4.39. The van der Waals surface area contributed by atoms with Crippen LogP contribution < -0.4 is 15.4 Å². The third kappa shape index (κ3) is 5.32. The van der Waals surface area contributed by atoms with E-state index in [0.717, 1.165) is 10.7 Å². The summed E-state index contributed by atoms with van der Waals surface area (Å²) in [6.07, 6.45) is -1.76. The summed E-state index contributed by atoms with van der Waals surface area (Å²) in [6, 6.07) is 10.5. The van der Waals surface area contributed by atoms with Crippen LogP contribution in [0, 0.1) is 5.82 Å². The van der Waals surface area contributed by atoms with Crippen LogP contribution in [0.15, 0.2) is 54.9 Å². The van der Waals surface area contributed by atoms with Crippen molar-refractivity contribution < 1.29 is 22.3 Å². The highest BCUT2D eigenvalue weighted by atomic mass is 35.5. The number of aryl methyl sites for hydroxylation is 2. The molecule has 14 heteroatoms. The van der Waals surface area contributed by atoms with Gasteiger partial charge in [-0.05, 0) is 24.3 Å². The highest BCUT2D eigenvalue weighted by Crippen LogP contribution is 2.32. The first-order valence-electron chi connectivity index (χ1n) is 11.1. The zero-order valence-corrected chi connectivity index (χ0v) is 20.6. The van der Waals surface area contributed by atoms with E-state index in [0.29, 0.717) is 33.3 Å². The normalized spacial score (nSPS) is 11.7. The summed E-state index contributed by atoms with van der Waals surface area (Å²) in [7, 11) is 3.00. The second kappa shape index (κ2) is 9.82. The SMILES string of the molecule is Cn1nc(Nc2ccc3nc(NCc4ccc(Oc5ncc(Cl)cn5)cc4F)n(C)c3c2)cc1C(F)(F)F. The zero-order chi connectivity index (χ0) is 27.0. The van der Waals surface area contributed by atoms with Gasteiger partial charge >= 0.3 is 12.2 Å². The Kier molecular flexibility index (Phi) is 6.53. The third-order valence-electron chi connectivity index (χ3n) is 5.59. The summed E-state index contributed by atoms with van der Waals surface area (Å²) < 4.78 is 61.8. The number of imidazole rings is 1. The van der Waals surface area contributed by atoms with Crippen molar-refractivity contribution in [2.45, 2.75) is 12.7 Å². The summed E-state index contributed by atoms with van der Waals surface area (Å²) in [5, 5.41) is 10.2. The maximum atomic E-state index is 14.7. The van der Waals surface area contributed by atoms with Gasteiger partial charge in [0.15, 0.2) is 5.82 Å². The predicted octanol–water partition coefficient (Wildman–Crippen LogP) is 6.06. The van der Waals surface area contributed by atoms with Crippen molar-refractivity contribution in [3.63, 3.8) is 0 Å². The van der Waals surface area contributed by atoms with E-state index in [9.17, 15) is 17.6 Å². The molecule has 5 rings (SSSR count). The smallest absolute Gasteiger partial charge is 0.424 e. The number of halogens is 5. The summed E-state index contributed by atoms with van der Waals surface area (Å²) in [6.45, 7) is 0.139. The molecule has 0 saturated heterocycles. The molecule has 3 heterocycles. The molecule has 3 aromatic heterocycles. The molecule has 38 heavy (non-hydrogen) atoms. The van der Waals surface area contributed by atoms with Gasteiger partial charge in [-0.25, -0.2) is 19.3 Å². The first kappa shape index (κ1) is 25.3. The van der Waals surface area contributed by atoms with Crippen LogP contribution in [-0.2, 0) is 26.8 Å². The quantitative estimate of drug-likeness (QED) is 0.240. The third-order valence-corrected chi connectivity index (χ3v) is 5.79. The Morgan fingerprint density at radius 3 is 2.47 bits per heavy atom. The first-order chi connectivity index (χ1) is 18.1. The number of fused-ring (bicyclic) bond motifs is 1. The lowest BCUT2D eigenvalue weighted by atomic mass is 10.2. The van der Waals surface area contributed by atoms with Crippen LogP contribution in [0.2, 0.25) is 5.02 Å². The molecule has 0 atom stereocenters. The van der Waals surface area contributed by atoms with Gasteiger partial charge in [0, 0.05) is 44.0 Å². The minimum atomic E-state index is -4.51. The number of nitrogens with one attached hydrogen (secondary N) is 2. The standard InChI is InChI=1S/C24H19ClF4N8O/c1-36-19-7-15(33-21-9-20(24(27,28)29)37(2)35-21)4-6-18(19)34-22(36)30-10-13-3-5-16(8-17(13)26)38-23-31-11-14(25)12-32-23/h3-9,11-12H,10H2,1-2H3,(H,30,34)(H,33,35). The van der Waals surface area contributed by atoms with Crippen molar-refractivity contribution in [2.24, 2.45) is 14.1 Å². The number of benzene rings is 2. The number of hydrogen-bond donors (Lipinski definition) is 2. The Labute approximate surface area is 218 Å². The van der Waals surface area contributed by atoms with Crippen LogP contribution in [0.1, 0.15) is 11.3 Å². The molecule has 0 aliphatic rings. The number of ether oxygens (including phenoxy) is 1. The average Bonchev–Trinajstić information content (AvgIpc) is 3.39. The first-order valence-corrected chi connectivity index (χ1v) is 11.5. The van der Waals surface area contributed by atoms with E-state index >= 15 is 0 Å². The topological polar surface area (TPSA) is 94.7 Å². The summed E-state index contributed by atoms with van der Waals surface area (Å²) in [5.41, 5.74) is 1.39. The molecule has 0 amide bonds. The molecule has 0 radical (unpaired) electrons. The van der Waals surface area contributed by atoms with E-state index in [4.69, 9.17) is 16.3 Å². The van der Waals surface area contributed by atoms with E-state index in [1.54, 1.807) is 41.9 Å². The van der Waals surface area contributed by atoms with Crippen molar-refractivity contribution in [1.82, 2.24) is 29.3 Å². The zero-order valence-electron chi connectivity index (χ0n) is 19.9. The minimum Gasteiger partial charge on any atom is -0.424 e. The van der Waals surface area contributed by atoms with Crippen molar-refractivity contribution in [3.8, 4) is 11.8 Å². The molecule has 0 bridgehead atoms. The van der Waals surface area contributed by atoms with E-state index in [1.165, 1.54) is 25.5 Å². The highest BCUT2D eigenvalue weighted by Gasteiger charge is 2.35. The van der Waals surface area contributed by atoms with Crippen molar-refractivity contribution in [1.29, 1.82) is 0 Å². The Balaban J connectivity index is 1.28. The van der Waals surface area contributed by atoms with Crippen molar-refractivity contribution in [2.75, 3.05) is 10.6 Å². The lowest BCUT2D eigenvalue weighted by molar-refractivity contribution is -0.143. The van der Waals surface area contributed by atoms with Gasteiger partial charge in [0.25, 0.3) is 0 Å². The second-order valence-electron chi connectivity index (χ2n) is 8.25. The number of anilines is 3. The molecule has 0 saturated carbocycles. The minimum absolute atomic E-state index is 0.0390. The Morgan fingerprint density at radius 1 is 1.03 bits per heavy atom. The molecule has 196 valence electrons. The fraction of sp³-hybridized carbons (Fsp3) is 0.167. The van der Waals surface area contributed by atoms with Crippen LogP contribution in [0.4, 0.5) is 35.0 Å². The molecule has 0 unspecified atom stereocenters. The fourth-order valence-corrected chi connectivity index (χ4v) is 3.83. The van der Waals surface area contributed by atoms with Gasteiger partial charge in [0.05, 0.1) is 28.4 Å². The van der Waals surface area contributed by atoms with Crippen LogP contribution in [0.25, 0.3) is 11.0 Å².